The van der Waals surface area contributed by atoms with Gasteiger partial charge in [-0.1, -0.05) is 0 Å². The second-order valence-corrected chi connectivity index (χ2v) is 7.47. The Labute approximate surface area is 106 Å². The Morgan fingerprint density at radius 3 is 2.71 bits per heavy atom. The summed E-state index contributed by atoms with van der Waals surface area (Å²) >= 11 is 1.18. The number of anilines is 1. The first kappa shape index (κ1) is 12.8. The lowest BCUT2D eigenvalue weighted by Crippen LogP contribution is -2.51. The smallest absolute Gasteiger partial charge is 0.252 e. The van der Waals surface area contributed by atoms with Gasteiger partial charge in [-0.3, -0.25) is 0 Å². The summed E-state index contributed by atoms with van der Waals surface area (Å²) in [6, 6.07) is 1.78. The van der Waals surface area contributed by atoms with E-state index in [4.69, 9.17) is 5.73 Å². The lowest BCUT2D eigenvalue weighted by Gasteiger charge is -2.36. The van der Waals surface area contributed by atoms with Crippen LogP contribution < -0.4 is 5.73 Å². The average Bonchev–Trinajstić information content (AvgIpc) is 2.69. The van der Waals surface area contributed by atoms with Crippen molar-refractivity contribution in [3.05, 3.63) is 11.4 Å². The van der Waals surface area contributed by atoms with Crippen LogP contribution in [0.4, 0.5) is 5.69 Å². The lowest BCUT2D eigenvalue weighted by molar-refractivity contribution is 0.160. The van der Waals surface area contributed by atoms with E-state index in [1.165, 1.54) is 17.4 Å². The van der Waals surface area contributed by atoms with E-state index in [1.807, 2.05) is 14.0 Å². The fraction of sp³-hybridized carbons (Fsp3) is 0.600. The molecule has 1 fully saturated rings. The topological polar surface area (TPSA) is 66.6 Å². The van der Waals surface area contributed by atoms with Gasteiger partial charge < -0.3 is 10.6 Å². The molecule has 1 atom stereocenters. The average molecular weight is 275 g/mol. The maximum absolute atomic E-state index is 12.3. The van der Waals surface area contributed by atoms with Crippen LogP contribution in [-0.4, -0.2) is 50.3 Å². The molecule has 2 heterocycles. The summed E-state index contributed by atoms with van der Waals surface area (Å²) in [5.74, 6) is 0. The van der Waals surface area contributed by atoms with Crippen LogP contribution in [0.25, 0.3) is 0 Å². The van der Waals surface area contributed by atoms with Crippen LogP contribution in [0.2, 0.25) is 0 Å². The molecular formula is C10H17N3O2S2. The van der Waals surface area contributed by atoms with Gasteiger partial charge in [0, 0.05) is 36.7 Å². The zero-order valence-corrected chi connectivity index (χ0v) is 11.6. The fourth-order valence-electron chi connectivity index (χ4n) is 1.83. The summed E-state index contributed by atoms with van der Waals surface area (Å²) in [5.41, 5.74) is 6.08. The molecule has 1 aliphatic heterocycles. The van der Waals surface area contributed by atoms with Gasteiger partial charge in [-0.05, 0) is 20.0 Å². The number of rotatable bonds is 2. The maximum atomic E-state index is 12.3. The molecule has 0 spiro atoms. The zero-order chi connectivity index (χ0) is 12.6. The number of sulfonamides is 1. The van der Waals surface area contributed by atoms with Gasteiger partial charge in [-0.25, -0.2) is 8.42 Å². The molecule has 2 N–H and O–H groups in total. The van der Waals surface area contributed by atoms with Crippen LogP contribution in [-0.2, 0) is 10.0 Å². The Bertz CT molecular complexity index is 497. The number of nitrogens with zero attached hydrogens (tertiary/aromatic N) is 2. The largest absolute Gasteiger partial charge is 0.398 e. The van der Waals surface area contributed by atoms with Gasteiger partial charge in [-0.15, -0.1) is 11.3 Å². The zero-order valence-electron chi connectivity index (χ0n) is 9.96. The molecule has 1 aromatic heterocycles. The Balaban J connectivity index is 2.22. The Morgan fingerprint density at radius 2 is 2.18 bits per heavy atom. The van der Waals surface area contributed by atoms with Crippen LogP contribution in [0.3, 0.4) is 0 Å². The third kappa shape index (κ3) is 2.47. The third-order valence-electron chi connectivity index (χ3n) is 3.11. The summed E-state index contributed by atoms with van der Waals surface area (Å²) in [7, 11) is -1.34. The third-order valence-corrected chi connectivity index (χ3v) is 6.41. The van der Waals surface area contributed by atoms with Gasteiger partial charge in [0.2, 0.25) is 0 Å². The molecule has 0 radical (unpaired) electrons. The highest BCUT2D eigenvalue weighted by Crippen LogP contribution is 2.26. The molecule has 7 heteroatoms. The van der Waals surface area contributed by atoms with E-state index < -0.39 is 10.0 Å². The standard InChI is InChI=1S/C10H17N3O2S2/c1-8-6-13(4-3-12(8)2)17(14,15)10-5-9(11)7-16-10/h5,7-8H,3-4,6,11H2,1-2H3. The maximum Gasteiger partial charge on any atom is 0.252 e. The number of hydrogen-bond acceptors (Lipinski definition) is 5. The van der Waals surface area contributed by atoms with Gasteiger partial charge >= 0.3 is 0 Å². The highest BCUT2D eigenvalue weighted by atomic mass is 32.2. The van der Waals surface area contributed by atoms with Crippen molar-refractivity contribution >= 4 is 27.0 Å². The van der Waals surface area contributed by atoms with Gasteiger partial charge in [0.1, 0.15) is 4.21 Å². The SMILES string of the molecule is CC1CN(S(=O)(=O)c2cc(N)cs2)CCN1C. The number of nitrogen functional groups attached to an aromatic ring is 1. The normalized spacial score (nSPS) is 24.0. The molecule has 5 nitrogen and oxygen atoms in total. The minimum atomic E-state index is -3.35. The second kappa shape index (κ2) is 4.56. The van der Waals surface area contributed by atoms with Crippen molar-refractivity contribution < 1.29 is 8.42 Å². The van der Waals surface area contributed by atoms with Crippen LogP contribution in [0.15, 0.2) is 15.7 Å². The van der Waals surface area contributed by atoms with Crippen LogP contribution in [0.1, 0.15) is 6.92 Å². The van der Waals surface area contributed by atoms with Crippen molar-refractivity contribution in [2.45, 2.75) is 17.2 Å². The molecule has 1 saturated heterocycles. The van der Waals surface area contributed by atoms with Crippen molar-refractivity contribution in [3.8, 4) is 0 Å². The number of thiophene rings is 1. The van der Waals surface area contributed by atoms with Crippen LogP contribution in [0.5, 0.6) is 0 Å². The van der Waals surface area contributed by atoms with Crippen molar-refractivity contribution in [2.24, 2.45) is 0 Å². The van der Waals surface area contributed by atoms with E-state index >= 15 is 0 Å². The summed E-state index contributed by atoms with van der Waals surface area (Å²) < 4.78 is 26.5. The monoisotopic (exact) mass is 275 g/mol. The molecule has 0 saturated carbocycles. The van der Waals surface area contributed by atoms with E-state index in [1.54, 1.807) is 9.69 Å². The molecule has 96 valence electrons. The molecule has 17 heavy (non-hydrogen) atoms. The molecule has 0 amide bonds. The minimum Gasteiger partial charge on any atom is -0.398 e. The molecule has 1 aromatic rings. The predicted molar refractivity (Wildman–Crippen MR) is 69.6 cm³/mol. The molecule has 0 bridgehead atoms. The molecule has 1 aliphatic rings. The highest BCUT2D eigenvalue weighted by Gasteiger charge is 2.31. The Hall–Kier alpha value is -0.630. The Kier molecular flexibility index (Phi) is 3.44. The lowest BCUT2D eigenvalue weighted by atomic mass is 10.2. The Morgan fingerprint density at radius 1 is 1.47 bits per heavy atom. The number of nitrogens with two attached hydrogens (primary N) is 1. The summed E-state index contributed by atoms with van der Waals surface area (Å²) in [5, 5.41) is 1.66. The molecule has 0 aromatic carbocycles. The summed E-state index contributed by atoms with van der Waals surface area (Å²) in [6.45, 7) is 3.88. The summed E-state index contributed by atoms with van der Waals surface area (Å²) in [6.07, 6.45) is 0. The molecule has 1 unspecified atom stereocenters. The first-order chi connectivity index (χ1) is 7.91. The first-order valence-corrected chi connectivity index (χ1v) is 7.77. The van der Waals surface area contributed by atoms with Crippen molar-refractivity contribution in [1.29, 1.82) is 0 Å². The molecule has 2 rings (SSSR count). The molecular weight excluding hydrogens is 258 g/mol. The van der Waals surface area contributed by atoms with Gasteiger partial charge in [0.15, 0.2) is 0 Å². The van der Waals surface area contributed by atoms with E-state index in [2.05, 4.69) is 4.90 Å². The number of piperazine rings is 1. The van der Waals surface area contributed by atoms with Crippen molar-refractivity contribution in [1.82, 2.24) is 9.21 Å². The number of hydrogen-bond donors (Lipinski definition) is 1. The highest BCUT2D eigenvalue weighted by molar-refractivity contribution is 7.91. The van der Waals surface area contributed by atoms with Crippen molar-refractivity contribution in [3.63, 3.8) is 0 Å². The van der Waals surface area contributed by atoms with Crippen LogP contribution >= 0.6 is 11.3 Å². The predicted octanol–water partition coefficient (Wildman–Crippen LogP) is 0.655. The molecule has 0 aliphatic carbocycles. The second-order valence-electron chi connectivity index (χ2n) is 4.39. The van der Waals surface area contributed by atoms with Crippen molar-refractivity contribution in [2.75, 3.05) is 32.4 Å². The van der Waals surface area contributed by atoms with Crippen LogP contribution in [0, 0.1) is 0 Å². The van der Waals surface area contributed by atoms with E-state index in [-0.39, 0.29) is 6.04 Å². The van der Waals surface area contributed by atoms with E-state index in [9.17, 15) is 8.42 Å². The minimum absolute atomic E-state index is 0.246. The van der Waals surface area contributed by atoms with E-state index in [0.717, 1.165) is 6.54 Å². The fourth-order valence-corrected chi connectivity index (χ4v) is 4.57. The first-order valence-electron chi connectivity index (χ1n) is 5.45. The summed E-state index contributed by atoms with van der Waals surface area (Å²) in [4.78, 5) is 2.16. The number of likely N-dealkylation sites (N-methyl/N-ethyl adjacent to an activating group) is 1. The van der Waals surface area contributed by atoms with E-state index in [0.29, 0.717) is 23.0 Å². The van der Waals surface area contributed by atoms with Gasteiger partial charge in [0.05, 0.1) is 0 Å². The quantitative estimate of drug-likeness (QED) is 0.861. The van der Waals surface area contributed by atoms with Gasteiger partial charge in [0.25, 0.3) is 10.0 Å². The van der Waals surface area contributed by atoms with Gasteiger partial charge in [-0.2, -0.15) is 4.31 Å².